The monoisotopic (exact) mass is 324 g/mol. The molecule has 0 spiro atoms. The van der Waals surface area contributed by atoms with Crippen LogP contribution in [0.5, 0.6) is 17.2 Å². The molecule has 6 heteroatoms. The Morgan fingerprint density at radius 3 is 2.17 bits per heavy atom. The van der Waals surface area contributed by atoms with Gasteiger partial charge in [0.2, 0.25) is 6.79 Å². The molecule has 2 heterocycles. The van der Waals surface area contributed by atoms with Gasteiger partial charge >= 0.3 is 11.9 Å². The van der Waals surface area contributed by atoms with Crippen molar-refractivity contribution in [2.45, 2.75) is 0 Å². The van der Waals surface area contributed by atoms with E-state index < -0.39 is 11.9 Å². The van der Waals surface area contributed by atoms with Crippen LogP contribution in [0.1, 0.15) is 11.1 Å². The van der Waals surface area contributed by atoms with E-state index in [9.17, 15) is 9.59 Å². The Balaban J connectivity index is 1.86. The number of esters is 2. The number of benzene rings is 2. The van der Waals surface area contributed by atoms with Crippen molar-refractivity contribution >= 4 is 23.1 Å². The number of hydrogen-bond donors (Lipinski definition) is 0. The van der Waals surface area contributed by atoms with Gasteiger partial charge < -0.3 is 18.9 Å². The maximum absolute atomic E-state index is 12.2. The Morgan fingerprint density at radius 2 is 1.46 bits per heavy atom. The molecule has 0 bridgehead atoms. The molecular formula is C18H12O6. The molecule has 0 amide bonds. The van der Waals surface area contributed by atoms with Gasteiger partial charge in [-0.1, -0.05) is 18.2 Å². The van der Waals surface area contributed by atoms with Crippen molar-refractivity contribution in [3.05, 3.63) is 53.6 Å². The Hall–Kier alpha value is -3.28. The summed E-state index contributed by atoms with van der Waals surface area (Å²) in [7, 11) is 1.56. The van der Waals surface area contributed by atoms with E-state index in [1.807, 2.05) is 0 Å². The standard InChI is InChI=1S/C18H12O6/c1-21-12-5-2-10(3-6-12)15-16(18(20)24-17(15)19)11-4-7-13-14(8-11)23-9-22-13/h2-8H,9H2,1H3. The van der Waals surface area contributed by atoms with Gasteiger partial charge in [0.1, 0.15) is 5.75 Å². The number of methoxy groups -OCH3 is 1. The normalized spacial score (nSPS) is 15.7. The summed E-state index contributed by atoms with van der Waals surface area (Å²) >= 11 is 0. The Labute approximate surface area is 137 Å². The molecule has 2 aliphatic rings. The molecule has 0 atom stereocenters. The largest absolute Gasteiger partial charge is 0.497 e. The second-order valence-corrected chi connectivity index (χ2v) is 5.22. The first kappa shape index (κ1) is 14.3. The predicted octanol–water partition coefficient (Wildman–Crippen LogP) is 2.42. The molecule has 120 valence electrons. The van der Waals surface area contributed by atoms with E-state index in [0.717, 1.165) is 0 Å². The fourth-order valence-corrected chi connectivity index (χ4v) is 2.72. The van der Waals surface area contributed by atoms with Crippen LogP contribution in [0, 0.1) is 0 Å². The van der Waals surface area contributed by atoms with E-state index in [0.29, 0.717) is 28.4 Å². The van der Waals surface area contributed by atoms with Crippen LogP contribution in [0.25, 0.3) is 11.1 Å². The van der Waals surface area contributed by atoms with Crippen LogP contribution >= 0.6 is 0 Å². The number of ether oxygens (including phenoxy) is 4. The summed E-state index contributed by atoms with van der Waals surface area (Å²) < 4.78 is 20.5. The van der Waals surface area contributed by atoms with E-state index >= 15 is 0 Å². The summed E-state index contributed by atoms with van der Waals surface area (Å²) in [5, 5.41) is 0. The van der Waals surface area contributed by atoms with Crippen molar-refractivity contribution in [3.8, 4) is 17.2 Å². The van der Waals surface area contributed by atoms with Crippen molar-refractivity contribution in [2.75, 3.05) is 13.9 Å². The number of hydrogen-bond acceptors (Lipinski definition) is 6. The van der Waals surface area contributed by atoms with Gasteiger partial charge in [0.15, 0.2) is 11.5 Å². The van der Waals surface area contributed by atoms with Gasteiger partial charge in [0.25, 0.3) is 0 Å². The predicted molar refractivity (Wildman–Crippen MR) is 83.5 cm³/mol. The average Bonchev–Trinajstić information content (AvgIpc) is 3.17. The summed E-state index contributed by atoms with van der Waals surface area (Å²) in [5.41, 5.74) is 1.56. The summed E-state index contributed by atoms with van der Waals surface area (Å²) in [4.78, 5) is 24.4. The van der Waals surface area contributed by atoms with Crippen molar-refractivity contribution < 1.29 is 28.5 Å². The summed E-state index contributed by atoms with van der Waals surface area (Å²) in [6.07, 6.45) is 0. The lowest BCUT2D eigenvalue weighted by Crippen LogP contribution is -2.02. The highest BCUT2D eigenvalue weighted by Crippen LogP contribution is 2.39. The number of fused-ring (bicyclic) bond motifs is 1. The van der Waals surface area contributed by atoms with Crippen molar-refractivity contribution in [1.82, 2.24) is 0 Å². The van der Waals surface area contributed by atoms with Gasteiger partial charge in [-0.25, -0.2) is 9.59 Å². The first-order valence-corrected chi connectivity index (χ1v) is 7.22. The smallest absolute Gasteiger partial charge is 0.347 e. The molecule has 2 aromatic carbocycles. The molecule has 0 saturated carbocycles. The molecule has 0 aromatic heterocycles. The first-order chi connectivity index (χ1) is 11.7. The van der Waals surface area contributed by atoms with Gasteiger partial charge in [-0.15, -0.1) is 0 Å². The van der Waals surface area contributed by atoms with Crippen LogP contribution in [-0.2, 0) is 14.3 Å². The molecule has 4 rings (SSSR count). The number of rotatable bonds is 3. The molecule has 6 nitrogen and oxygen atoms in total. The molecule has 2 aliphatic heterocycles. The minimum atomic E-state index is -0.676. The Morgan fingerprint density at radius 1 is 0.833 bits per heavy atom. The average molecular weight is 324 g/mol. The lowest BCUT2D eigenvalue weighted by Gasteiger charge is -2.05. The van der Waals surface area contributed by atoms with Crippen LogP contribution in [0.15, 0.2) is 42.5 Å². The van der Waals surface area contributed by atoms with Gasteiger partial charge in [-0.05, 0) is 35.4 Å². The van der Waals surface area contributed by atoms with Gasteiger partial charge in [0, 0.05) is 0 Å². The molecular weight excluding hydrogens is 312 g/mol. The summed E-state index contributed by atoms with van der Waals surface area (Å²) in [6.45, 7) is 0.131. The topological polar surface area (TPSA) is 71.1 Å². The second kappa shape index (κ2) is 5.42. The number of carbonyl (C=O) groups excluding carboxylic acids is 2. The lowest BCUT2D eigenvalue weighted by molar-refractivity contribution is -0.149. The van der Waals surface area contributed by atoms with E-state index in [4.69, 9.17) is 18.9 Å². The fraction of sp³-hybridized carbons (Fsp3) is 0.111. The minimum absolute atomic E-state index is 0.131. The van der Waals surface area contributed by atoms with E-state index in [1.165, 1.54) is 0 Å². The minimum Gasteiger partial charge on any atom is -0.497 e. The molecule has 0 fully saturated rings. The first-order valence-electron chi connectivity index (χ1n) is 7.22. The summed E-state index contributed by atoms with van der Waals surface area (Å²) in [6, 6.07) is 11.9. The van der Waals surface area contributed by atoms with Gasteiger partial charge in [-0.2, -0.15) is 0 Å². The van der Waals surface area contributed by atoms with Crippen molar-refractivity contribution in [2.24, 2.45) is 0 Å². The maximum atomic E-state index is 12.2. The highest BCUT2D eigenvalue weighted by atomic mass is 16.7. The third-order valence-corrected chi connectivity index (χ3v) is 3.88. The van der Waals surface area contributed by atoms with Gasteiger partial charge in [-0.3, -0.25) is 0 Å². The second-order valence-electron chi connectivity index (χ2n) is 5.22. The van der Waals surface area contributed by atoms with E-state index in [-0.39, 0.29) is 17.9 Å². The third-order valence-electron chi connectivity index (χ3n) is 3.88. The summed E-state index contributed by atoms with van der Waals surface area (Å²) in [5.74, 6) is 0.438. The zero-order valence-corrected chi connectivity index (χ0v) is 12.7. The SMILES string of the molecule is COc1ccc(C2=C(c3ccc4c(c3)OCO4)C(=O)OC2=O)cc1. The molecule has 0 N–H and O–H groups in total. The van der Waals surface area contributed by atoms with Crippen molar-refractivity contribution in [1.29, 1.82) is 0 Å². The van der Waals surface area contributed by atoms with Crippen LogP contribution in [0.3, 0.4) is 0 Å². The molecule has 0 radical (unpaired) electrons. The third kappa shape index (κ3) is 2.20. The van der Waals surface area contributed by atoms with Crippen molar-refractivity contribution in [3.63, 3.8) is 0 Å². The quantitative estimate of drug-likeness (QED) is 0.638. The highest BCUT2D eigenvalue weighted by Gasteiger charge is 2.35. The van der Waals surface area contributed by atoms with E-state index in [2.05, 4.69) is 0 Å². The number of carbonyl (C=O) groups is 2. The molecule has 0 saturated heterocycles. The zero-order chi connectivity index (χ0) is 16.7. The van der Waals surface area contributed by atoms with Crippen LogP contribution in [-0.4, -0.2) is 25.8 Å². The molecule has 0 unspecified atom stereocenters. The molecule has 0 aliphatic carbocycles. The maximum Gasteiger partial charge on any atom is 0.347 e. The Bertz CT molecular complexity index is 879. The van der Waals surface area contributed by atoms with E-state index in [1.54, 1.807) is 49.6 Å². The highest BCUT2D eigenvalue weighted by molar-refractivity contribution is 6.44. The molecule has 2 aromatic rings. The number of cyclic esters (lactones) is 2. The lowest BCUT2D eigenvalue weighted by atomic mass is 9.96. The Kier molecular flexibility index (Phi) is 3.23. The van der Waals surface area contributed by atoms with Crippen LogP contribution in [0.4, 0.5) is 0 Å². The van der Waals surface area contributed by atoms with Gasteiger partial charge in [0.05, 0.1) is 18.3 Å². The molecule has 24 heavy (non-hydrogen) atoms. The van der Waals surface area contributed by atoms with Crippen LogP contribution in [0.2, 0.25) is 0 Å². The van der Waals surface area contributed by atoms with Crippen LogP contribution < -0.4 is 14.2 Å². The fourth-order valence-electron chi connectivity index (χ4n) is 2.72. The zero-order valence-electron chi connectivity index (χ0n) is 12.7.